The van der Waals surface area contributed by atoms with Gasteiger partial charge in [0, 0.05) is 17.3 Å². The fraction of sp³-hybridized carbons (Fsp3) is 0.269. The number of rotatable bonds is 7. The molecule has 1 aliphatic heterocycles. The zero-order valence-corrected chi connectivity index (χ0v) is 19.5. The number of carbonyl (C=O) groups is 1. The molecule has 0 N–H and O–H groups in total. The van der Waals surface area contributed by atoms with Gasteiger partial charge >= 0.3 is 12.1 Å². The van der Waals surface area contributed by atoms with Crippen LogP contribution in [0.5, 0.6) is 11.5 Å². The van der Waals surface area contributed by atoms with Gasteiger partial charge in [-0.2, -0.15) is 13.2 Å². The number of aromatic nitrogens is 1. The number of benzene rings is 2. The van der Waals surface area contributed by atoms with E-state index in [4.69, 9.17) is 14.3 Å². The Morgan fingerprint density at radius 3 is 2.43 bits per heavy atom. The molecule has 6 nitrogen and oxygen atoms in total. The molecule has 2 heterocycles. The summed E-state index contributed by atoms with van der Waals surface area (Å²) in [6.45, 7) is 5.38. The van der Waals surface area contributed by atoms with Crippen molar-refractivity contribution in [3.8, 4) is 17.2 Å². The first-order valence-corrected chi connectivity index (χ1v) is 11.1. The van der Waals surface area contributed by atoms with Crippen molar-refractivity contribution in [3.05, 3.63) is 78.1 Å². The van der Waals surface area contributed by atoms with E-state index in [-0.39, 0.29) is 12.7 Å². The number of carbonyl (C=O) groups excluding carboxylic acids is 1. The van der Waals surface area contributed by atoms with E-state index in [2.05, 4.69) is 0 Å². The Morgan fingerprint density at radius 2 is 1.77 bits per heavy atom. The summed E-state index contributed by atoms with van der Waals surface area (Å²) in [5, 5.41) is 1.78. The molecule has 1 aliphatic rings. The summed E-state index contributed by atoms with van der Waals surface area (Å²) in [4.78, 5) is 18.4. The summed E-state index contributed by atoms with van der Waals surface area (Å²) in [6, 6.07) is 14.1. The zero-order chi connectivity index (χ0) is 25.2. The predicted octanol–water partition coefficient (Wildman–Crippen LogP) is 6.21. The number of nitrogens with zero attached hydrogens (tertiary/aromatic N) is 2. The van der Waals surface area contributed by atoms with Crippen molar-refractivity contribution >= 4 is 16.9 Å². The Labute approximate surface area is 200 Å². The number of alkyl halides is 3. The molecule has 0 saturated heterocycles. The van der Waals surface area contributed by atoms with Crippen LogP contribution in [0.15, 0.2) is 72.5 Å². The van der Waals surface area contributed by atoms with Crippen LogP contribution in [0.4, 0.5) is 13.2 Å². The van der Waals surface area contributed by atoms with E-state index in [9.17, 15) is 18.0 Å². The van der Waals surface area contributed by atoms with Crippen LogP contribution in [0.3, 0.4) is 0 Å². The van der Waals surface area contributed by atoms with Crippen LogP contribution in [0, 0.1) is 0 Å². The molecule has 4 rings (SSSR count). The minimum Gasteiger partial charge on any atom is -0.491 e. The average Bonchev–Trinajstić information content (AvgIpc) is 3.18. The van der Waals surface area contributed by atoms with Crippen LogP contribution in [0.1, 0.15) is 31.3 Å². The highest BCUT2D eigenvalue weighted by Crippen LogP contribution is 2.32. The second-order valence-electron chi connectivity index (χ2n) is 8.16. The number of halogens is 3. The third kappa shape index (κ3) is 5.45. The summed E-state index contributed by atoms with van der Waals surface area (Å²) in [5.74, 6) is 0.543. The number of hydroxylamine groups is 2. The highest BCUT2D eigenvalue weighted by atomic mass is 19.4. The molecule has 0 fully saturated rings. The Morgan fingerprint density at radius 1 is 1.06 bits per heavy atom. The molecule has 0 aliphatic carbocycles. The fourth-order valence-electron chi connectivity index (χ4n) is 3.74. The number of esters is 1. The Balaban J connectivity index is 1.67. The molecule has 0 atom stereocenters. The smallest absolute Gasteiger partial charge is 0.414 e. The molecule has 0 spiro atoms. The van der Waals surface area contributed by atoms with Gasteiger partial charge in [-0.3, -0.25) is 0 Å². The second kappa shape index (κ2) is 9.77. The highest BCUT2D eigenvalue weighted by Gasteiger charge is 2.35. The van der Waals surface area contributed by atoms with Crippen molar-refractivity contribution < 1.29 is 32.3 Å². The molecule has 35 heavy (non-hydrogen) atoms. The molecule has 184 valence electrons. The number of ether oxygens (including phenoxy) is 2. The minimum atomic E-state index is -4.43. The molecule has 0 saturated carbocycles. The Bertz CT molecular complexity index is 1270. The first kappa shape index (κ1) is 24.3. The van der Waals surface area contributed by atoms with Gasteiger partial charge in [-0.25, -0.2) is 9.86 Å². The highest BCUT2D eigenvalue weighted by molar-refractivity contribution is 5.97. The van der Waals surface area contributed by atoms with E-state index in [1.165, 1.54) is 12.3 Å². The monoisotopic (exact) mass is 486 g/mol. The van der Waals surface area contributed by atoms with Crippen molar-refractivity contribution in [2.75, 3.05) is 13.2 Å². The number of hydrogen-bond acceptors (Lipinski definition) is 5. The summed E-state index contributed by atoms with van der Waals surface area (Å²) < 4.78 is 51.9. The van der Waals surface area contributed by atoms with Crippen molar-refractivity contribution in [2.24, 2.45) is 0 Å². The Kier molecular flexibility index (Phi) is 6.77. The van der Waals surface area contributed by atoms with Gasteiger partial charge < -0.3 is 18.9 Å². The molecule has 9 heteroatoms. The summed E-state index contributed by atoms with van der Waals surface area (Å²) >= 11 is 0. The van der Waals surface area contributed by atoms with Crippen LogP contribution in [-0.2, 0) is 4.74 Å². The van der Waals surface area contributed by atoms with Crippen LogP contribution in [0.2, 0.25) is 0 Å². The van der Waals surface area contributed by atoms with Gasteiger partial charge in [-0.1, -0.05) is 6.08 Å². The molecular formula is C26H25F3N2O4. The fourth-order valence-corrected chi connectivity index (χ4v) is 3.74. The third-order valence-corrected chi connectivity index (χ3v) is 5.19. The average molecular weight is 486 g/mol. The topological polar surface area (TPSA) is 52.9 Å². The van der Waals surface area contributed by atoms with Gasteiger partial charge in [-0.15, -0.1) is 0 Å². The molecule has 0 bridgehead atoms. The maximum atomic E-state index is 13.1. The van der Waals surface area contributed by atoms with Gasteiger partial charge in [-0.05, 0) is 75.4 Å². The van der Waals surface area contributed by atoms with Crippen molar-refractivity contribution in [1.29, 1.82) is 0 Å². The molecule has 1 aromatic heterocycles. The number of fused-ring (bicyclic) bond motifs is 1. The minimum absolute atomic E-state index is 0.0271. The van der Waals surface area contributed by atoms with E-state index in [0.29, 0.717) is 28.1 Å². The van der Waals surface area contributed by atoms with E-state index in [1.54, 1.807) is 35.8 Å². The predicted molar refractivity (Wildman–Crippen MR) is 126 cm³/mol. The van der Waals surface area contributed by atoms with E-state index in [1.807, 2.05) is 38.1 Å². The summed E-state index contributed by atoms with van der Waals surface area (Å²) in [5.41, 5.74) is 1.05. The van der Waals surface area contributed by atoms with Crippen molar-refractivity contribution in [1.82, 2.24) is 9.63 Å². The van der Waals surface area contributed by atoms with E-state index in [0.717, 1.165) is 16.8 Å². The van der Waals surface area contributed by atoms with Crippen molar-refractivity contribution in [2.45, 2.75) is 33.1 Å². The molecule has 0 unspecified atom stereocenters. The molecule has 0 amide bonds. The second-order valence-corrected chi connectivity index (χ2v) is 8.16. The van der Waals surface area contributed by atoms with Gasteiger partial charge in [0.1, 0.15) is 11.4 Å². The third-order valence-electron chi connectivity index (χ3n) is 5.19. The number of allylic oxidation sites excluding steroid dienone is 2. The lowest BCUT2D eigenvalue weighted by Gasteiger charge is -2.25. The Hall–Kier alpha value is -3.88. The maximum absolute atomic E-state index is 13.1. The van der Waals surface area contributed by atoms with Gasteiger partial charge in [0.15, 0.2) is 5.75 Å². The lowest BCUT2D eigenvalue weighted by molar-refractivity contribution is -0.106. The SMILES string of the molecule is CCOC(=O)c1cc2cc(ON3C=CC=C(C(F)(F)F)C3)ccc2n1-c1ccc(OC(C)C)cc1. The van der Waals surface area contributed by atoms with Gasteiger partial charge in [0.05, 0.1) is 30.3 Å². The standard InChI is InChI=1S/C26H25F3N2O4/c1-4-33-25(32)24-15-18-14-22(35-30-13-5-6-19(16-30)26(27,28)29)11-12-23(18)31(24)20-7-9-21(10-8-20)34-17(2)3/h5-15,17H,4,16H2,1-3H3. The largest absolute Gasteiger partial charge is 0.491 e. The molecular weight excluding hydrogens is 461 g/mol. The van der Waals surface area contributed by atoms with Crippen molar-refractivity contribution in [3.63, 3.8) is 0 Å². The number of hydrogen-bond donors (Lipinski definition) is 0. The molecule has 2 aromatic carbocycles. The zero-order valence-electron chi connectivity index (χ0n) is 19.5. The van der Waals surface area contributed by atoms with Gasteiger partial charge in [0.25, 0.3) is 0 Å². The van der Waals surface area contributed by atoms with E-state index < -0.39 is 24.3 Å². The van der Waals surface area contributed by atoms with Gasteiger partial charge in [0.2, 0.25) is 0 Å². The molecule has 3 aromatic rings. The summed E-state index contributed by atoms with van der Waals surface area (Å²) in [6.07, 6.45) is -0.675. The first-order valence-electron chi connectivity index (χ1n) is 11.1. The van der Waals surface area contributed by atoms with Crippen LogP contribution >= 0.6 is 0 Å². The lowest BCUT2D eigenvalue weighted by Crippen LogP contribution is -2.31. The maximum Gasteiger partial charge on any atom is 0.414 e. The quantitative estimate of drug-likeness (QED) is 0.372. The van der Waals surface area contributed by atoms with E-state index >= 15 is 0 Å². The lowest BCUT2D eigenvalue weighted by atomic mass is 10.2. The van der Waals surface area contributed by atoms with Crippen LogP contribution < -0.4 is 9.57 Å². The first-order chi connectivity index (χ1) is 16.7. The summed E-state index contributed by atoms with van der Waals surface area (Å²) in [7, 11) is 0. The van der Waals surface area contributed by atoms with Crippen LogP contribution in [0.25, 0.3) is 16.6 Å². The van der Waals surface area contributed by atoms with Crippen LogP contribution in [-0.4, -0.2) is 41.0 Å². The molecule has 0 radical (unpaired) electrons. The normalized spacial score (nSPS) is 13.8.